The SMILES string of the molecule is Cc1cccc(-c2nc(CN(C)C3CCCCC3)c(C)o2)c1. The lowest BCUT2D eigenvalue weighted by Gasteiger charge is -2.30. The van der Waals surface area contributed by atoms with Crippen molar-refractivity contribution in [3.8, 4) is 11.5 Å². The Morgan fingerprint density at radius 2 is 1.95 bits per heavy atom. The second-order valence-corrected chi connectivity index (χ2v) is 6.60. The molecule has 0 N–H and O–H groups in total. The average molecular weight is 298 g/mol. The molecule has 0 unspecified atom stereocenters. The molecule has 3 nitrogen and oxygen atoms in total. The fourth-order valence-electron chi connectivity index (χ4n) is 3.36. The first kappa shape index (κ1) is 15.3. The molecular weight excluding hydrogens is 272 g/mol. The molecule has 1 aliphatic rings. The van der Waals surface area contributed by atoms with Crippen LogP contribution in [0.15, 0.2) is 28.7 Å². The monoisotopic (exact) mass is 298 g/mol. The summed E-state index contributed by atoms with van der Waals surface area (Å²) in [5.41, 5.74) is 3.37. The molecule has 1 aromatic heterocycles. The van der Waals surface area contributed by atoms with Gasteiger partial charge in [-0.2, -0.15) is 0 Å². The Labute approximate surface area is 133 Å². The van der Waals surface area contributed by atoms with Crippen LogP contribution >= 0.6 is 0 Å². The molecule has 1 heterocycles. The van der Waals surface area contributed by atoms with Gasteiger partial charge in [-0.1, -0.05) is 37.0 Å². The van der Waals surface area contributed by atoms with Crippen LogP contribution < -0.4 is 0 Å². The number of aryl methyl sites for hydroxylation is 2. The van der Waals surface area contributed by atoms with Crippen LogP contribution in [-0.2, 0) is 6.54 Å². The van der Waals surface area contributed by atoms with Crippen molar-refractivity contribution in [2.75, 3.05) is 7.05 Å². The summed E-state index contributed by atoms with van der Waals surface area (Å²) < 4.78 is 5.91. The van der Waals surface area contributed by atoms with Crippen molar-refractivity contribution in [3.05, 3.63) is 41.3 Å². The molecule has 22 heavy (non-hydrogen) atoms. The molecule has 0 radical (unpaired) electrons. The average Bonchev–Trinajstić information content (AvgIpc) is 2.89. The fraction of sp³-hybridized carbons (Fsp3) is 0.526. The number of hydrogen-bond acceptors (Lipinski definition) is 3. The molecule has 1 aliphatic carbocycles. The molecular formula is C19H26N2O. The second kappa shape index (κ2) is 6.66. The number of oxazole rings is 1. The van der Waals surface area contributed by atoms with Crippen molar-refractivity contribution in [2.24, 2.45) is 0 Å². The summed E-state index contributed by atoms with van der Waals surface area (Å²) in [6.45, 7) is 5.00. The predicted molar refractivity (Wildman–Crippen MR) is 89.8 cm³/mol. The minimum absolute atomic E-state index is 0.701. The van der Waals surface area contributed by atoms with E-state index in [1.807, 2.05) is 6.92 Å². The summed E-state index contributed by atoms with van der Waals surface area (Å²) in [7, 11) is 2.22. The van der Waals surface area contributed by atoms with Crippen LogP contribution in [0.4, 0.5) is 0 Å². The van der Waals surface area contributed by atoms with E-state index in [0.29, 0.717) is 6.04 Å². The molecule has 1 aromatic carbocycles. The molecule has 118 valence electrons. The van der Waals surface area contributed by atoms with Gasteiger partial charge in [-0.25, -0.2) is 4.98 Å². The number of nitrogens with zero attached hydrogens (tertiary/aromatic N) is 2. The van der Waals surface area contributed by atoms with Gasteiger partial charge in [-0.3, -0.25) is 4.90 Å². The third-order valence-electron chi connectivity index (χ3n) is 4.75. The molecule has 2 aromatic rings. The molecule has 1 saturated carbocycles. The van der Waals surface area contributed by atoms with Gasteiger partial charge in [0.1, 0.15) is 5.76 Å². The van der Waals surface area contributed by atoms with E-state index in [0.717, 1.165) is 29.5 Å². The highest BCUT2D eigenvalue weighted by atomic mass is 16.4. The summed E-state index contributed by atoms with van der Waals surface area (Å²) in [4.78, 5) is 7.20. The molecule has 1 fully saturated rings. The number of aromatic nitrogens is 1. The zero-order valence-electron chi connectivity index (χ0n) is 13.9. The van der Waals surface area contributed by atoms with Crippen molar-refractivity contribution in [1.29, 1.82) is 0 Å². The van der Waals surface area contributed by atoms with E-state index in [1.165, 1.54) is 37.7 Å². The van der Waals surface area contributed by atoms with Gasteiger partial charge >= 0.3 is 0 Å². The van der Waals surface area contributed by atoms with E-state index in [9.17, 15) is 0 Å². The quantitative estimate of drug-likeness (QED) is 0.817. The van der Waals surface area contributed by atoms with Crippen molar-refractivity contribution in [1.82, 2.24) is 9.88 Å². The van der Waals surface area contributed by atoms with Crippen LogP contribution in [0.3, 0.4) is 0 Å². The van der Waals surface area contributed by atoms with E-state index in [4.69, 9.17) is 9.40 Å². The Morgan fingerprint density at radius 1 is 1.18 bits per heavy atom. The Hall–Kier alpha value is -1.61. The van der Waals surface area contributed by atoms with Gasteiger partial charge in [-0.05, 0) is 45.9 Å². The van der Waals surface area contributed by atoms with Gasteiger partial charge in [0.15, 0.2) is 0 Å². The highest BCUT2D eigenvalue weighted by molar-refractivity contribution is 5.54. The van der Waals surface area contributed by atoms with E-state index in [1.54, 1.807) is 0 Å². The van der Waals surface area contributed by atoms with Gasteiger partial charge in [0, 0.05) is 18.2 Å². The lowest BCUT2D eigenvalue weighted by atomic mass is 9.94. The van der Waals surface area contributed by atoms with Crippen molar-refractivity contribution in [3.63, 3.8) is 0 Å². The van der Waals surface area contributed by atoms with E-state index in [2.05, 4.69) is 43.1 Å². The number of hydrogen-bond donors (Lipinski definition) is 0. The topological polar surface area (TPSA) is 29.3 Å². The predicted octanol–water partition coefficient (Wildman–Crippen LogP) is 4.72. The molecule has 3 rings (SSSR count). The van der Waals surface area contributed by atoms with Gasteiger partial charge in [0.05, 0.1) is 5.69 Å². The second-order valence-electron chi connectivity index (χ2n) is 6.60. The Bertz CT molecular complexity index is 626. The van der Waals surface area contributed by atoms with Crippen LogP contribution in [0.5, 0.6) is 0 Å². The first-order valence-electron chi connectivity index (χ1n) is 8.37. The zero-order valence-corrected chi connectivity index (χ0v) is 13.9. The first-order valence-corrected chi connectivity index (χ1v) is 8.37. The Morgan fingerprint density at radius 3 is 2.68 bits per heavy atom. The third-order valence-corrected chi connectivity index (χ3v) is 4.75. The molecule has 0 bridgehead atoms. The molecule has 3 heteroatoms. The third kappa shape index (κ3) is 3.41. The number of benzene rings is 1. The summed E-state index contributed by atoms with van der Waals surface area (Å²) >= 11 is 0. The van der Waals surface area contributed by atoms with Crippen molar-refractivity contribution in [2.45, 2.75) is 58.5 Å². The first-order chi connectivity index (χ1) is 10.6. The highest BCUT2D eigenvalue weighted by Crippen LogP contribution is 2.26. The van der Waals surface area contributed by atoms with E-state index >= 15 is 0 Å². The highest BCUT2D eigenvalue weighted by Gasteiger charge is 2.20. The van der Waals surface area contributed by atoms with Crippen LogP contribution in [0.25, 0.3) is 11.5 Å². The minimum Gasteiger partial charge on any atom is -0.441 e. The van der Waals surface area contributed by atoms with Gasteiger partial charge in [0.2, 0.25) is 5.89 Å². The maximum Gasteiger partial charge on any atom is 0.226 e. The van der Waals surface area contributed by atoms with Crippen LogP contribution in [0.2, 0.25) is 0 Å². The Balaban J connectivity index is 1.74. The lowest BCUT2D eigenvalue weighted by Crippen LogP contribution is -2.33. The van der Waals surface area contributed by atoms with E-state index < -0.39 is 0 Å². The Kier molecular flexibility index (Phi) is 4.63. The van der Waals surface area contributed by atoms with Crippen molar-refractivity contribution < 1.29 is 4.42 Å². The molecule has 0 atom stereocenters. The summed E-state index contributed by atoms with van der Waals surface area (Å²) in [6.07, 6.45) is 6.75. The number of rotatable bonds is 4. The van der Waals surface area contributed by atoms with Crippen LogP contribution in [0.1, 0.15) is 49.1 Å². The summed E-state index contributed by atoms with van der Waals surface area (Å²) in [5, 5.41) is 0. The summed E-state index contributed by atoms with van der Waals surface area (Å²) in [6, 6.07) is 9.04. The molecule has 0 spiro atoms. The van der Waals surface area contributed by atoms with Gasteiger partial charge in [-0.15, -0.1) is 0 Å². The maximum atomic E-state index is 5.91. The van der Waals surface area contributed by atoms with Gasteiger partial charge < -0.3 is 4.42 Å². The van der Waals surface area contributed by atoms with Crippen LogP contribution in [0, 0.1) is 13.8 Å². The normalized spacial score (nSPS) is 16.4. The molecule has 0 amide bonds. The van der Waals surface area contributed by atoms with Gasteiger partial charge in [0.25, 0.3) is 0 Å². The van der Waals surface area contributed by atoms with Crippen molar-refractivity contribution >= 4 is 0 Å². The standard InChI is InChI=1S/C19H26N2O/c1-14-8-7-9-16(12-14)19-20-18(15(2)22-19)13-21(3)17-10-5-4-6-11-17/h7-9,12,17H,4-6,10-11,13H2,1-3H3. The smallest absolute Gasteiger partial charge is 0.226 e. The fourth-order valence-corrected chi connectivity index (χ4v) is 3.36. The largest absolute Gasteiger partial charge is 0.441 e. The zero-order chi connectivity index (χ0) is 15.5. The molecule has 0 aliphatic heterocycles. The van der Waals surface area contributed by atoms with Crippen LogP contribution in [-0.4, -0.2) is 23.0 Å². The van der Waals surface area contributed by atoms with E-state index in [-0.39, 0.29) is 0 Å². The lowest BCUT2D eigenvalue weighted by molar-refractivity contribution is 0.182. The minimum atomic E-state index is 0.701. The maximum absolute atomic E-state index is 5.91. The summed E-state index contributed by atoms with van der Waals surface area (Å²) in [5.74, 6) is 1.69. The molecule has 0 saturated heterocycles.